The molecule has 0 aromatic carbocycles. The average Bonchev–Trinajstić information content (AvgIpc) is 2.75. The summed E-state index contributed by atoms with van der Waals surface area (Å²) < 4.78 is 8.83. The molecule has 0 unspecified atom stereocenters. The third-order valence-corrected chi connectivity index (χ3v) is 1.43. The van der Waals surface area contributed by atoms with E-state index in [1.807, 2.05) is 0 Å². The number of hydrogen-bond acceptors (Lipinski definition) is 7. The normalized spacial score (nSPS) is 10.5. The molecule has 2 aromatic heterocycles. The molecule has 0 amide bonds. The highest BCUT2D eigenvalue weighted by Gasteiger charge is 1.99. The van der Waals surface area contributed by atoms with Crippen LogP contribution in [0.25, 0.3) is 0 Å². The first-order chi connectivity index (χ1) is 6.45. The van der Waals surface area contributed by atoms with E-state index in [1.165, 1.54) is 0 Å². The molecule has 0 aliphatic carbocycles. The van der Waals surface area contributed by atoms with Crippen molar-refractivity contribution < 1.29 is 9.26 Å². The lowest BCUT2D eigenvalue weighted by atomic mass is 10.4. The van der Waals surface area contributed by atoms with Gasteiger partial charge in [0.05, 0.1) is 12.4 Å². The molecule has 13 heavy (non-hydrogen) atoms. The molecule has 0 radical (unpaired) electrons. The van der Waals surface area contributed by atoms with Gasteiger partial charge in [0.1, 0.15) is 11.4 Å². The van der Waals surface area contributed by atoms with Gasteiger partial charge in [-0.05, 0) is 0 Å². The maximum atomic E-state index is 4.42. The van der Waals surface area contributed by atoms with Gasteiger partial charge in [0, 0.05) is 13.1 Å². The summed E-state index contributed by atoms with van der Waals surface area (Å²) in [6, 6.07) is 0. The van der Waals surface area contributed by atoms with E-state index < -0.39 is 0 Å². The summed E-state index contributed by atoms with van der Waals surface area (Å²) in [5.41, 5.74) is 1.49. The summed E-state index contributed by atoms with van der Waals surface area (Å²) in [5.74, 6) is 0. The minimum Gasteiger partial charge on any atom is -0.305 e. The minimum atomic E-state index is 0.580. The van der Waals surface area contributed by atoms with Crippen LogP contribution in [0.3, 0.4) is 0 Å². The van der Waals surface area contributed by atoms with Crippen molar-refractivity contribution in [3.8, 4) is 0 Å². The van der Waals surface area contributed by atoms with Crippen molar-refractivity contribution in [2.24, 2.45) is 0 Å². The molecule has 2 heterocycles. The summed E-state index contributed by atoms with van der Waals surface area (Å²) >= 11 is 0. The van der Waals surface area contributed by atoms with Crippen LogP contribution in [0.2, 0.25) is 0 Å². The van der Waals surface area contributed by atoms with Crippen molar-refractivity contribution in [3.63, 3.8) is 0 Å². The molecule has 0 bridgehead atoms. The summed E-state index contributed by atoms with van der Waals surface area (Å²) in [4.78, 5) is 0. The molecule has 7 heteroatoms. The van der Waals surface area contributed by atoms with Gasteiger partial charge in [-0.3, -0.25) is 0 Å². The summed E-state index contributed by atoms with van der Waals surface area (Å²) in [7, 11) is 0. The Kier molecular flexibility index (Phi) is 2.28. The van der Waals surface area contributed by atoms with Gasteiger partial charge < -0.3 is 5.32 Å². The minimum absolute atomic E-state index is 0.580. The van der Waals surface area contributed by atoms with E-state index in [-0.39, 0.29) is 0 Å². The fraction of sp³-hybridized carbons (Fsp3) is 0.333. The highest BCUT2D eigenvalue weighted by Crippen LogP contribution is 1.92. The van der Waals surface area contributed by atoms with Crippen molar-refractivity contribution in [2.45, 2.75) is 13.1 Å². The van der Waals surface area contributed by atoms with Crippen LogP contribution in [-0.4, -0.2) is 20.6 Å². The highest BCUT2D eigenvalue weighted by molar-refractivity contribution is 4.91. The molecule has 68 valence electrons. The van der Waals surface area contributed by atoms with Crippen LogP contribution in [0.5, 0.6) is 0 Å². The molecule has 7 nitrogen and oxygen atoms in total. The Labute approximate surface area is 73.0 Å². The zero-order valence-corrected chi connectivity index (χ0v) is 6.67. The second kappa shape index (κ2) is 3.76. The van der Waals surface area contributed by atoms with Gasteiger partial charge in [-0.15, -0.1) is 0 Å². The molecule has 2 rings (SSSR count). The van der Waals surface area contributed by atoms with Crippen LogP contribution in [0, 0.1) is 0 Å². The third-order valence-electron chi connectivity index (χ3n) is 1.43. The third kappa shape index (κ3) is 2.09. The van der Waals surface area contributed by atoms with E-state index in [4.69, 9.17) is 0 Å². The van der Waals surface area contributed by atoms with E-state index in [0.29, 0.717) is 13.1 Å². The van der Waals surface area contributed by atoms with Crippen LogP contribution in [0.1, 0.15) is 11.4 Å². The molecular formula is C6H7N5O2. The van der Waals surface area contributed by atoms with Crippen LogP contribution in [-0.2, 0) is 13.1 Å². The number of rotatable bonds is 4. The molecule has 0 aliphatic heterocycles. The van der Waals surface area contributed by atoms with E-state index in [9.17, 15) is 0 Å². The summed E-state index contributed by atoms with van der Waals surface area (Å²) in [6.45, 7) is 1.16. The lowest BCUT2D eigenvalue weighted by Gasteiger charge is -1.95. The predicted molar refractivity (Wildman–Crippen MR) is 39.1 cm³/mol. The smallest absolute Gasteiger partial charge is 0.118 e. The average molecular weight is 181 g/mol. The van der Waals surface area contributed by atoms with Crippen LogP contribution in [0.15, 0.2) is 21.7 Å². The van der Waals surface area contributed by atoms with Crippen molar-refractivity contribution in [1.82, 2.24) is 25.9 Å². The largest absolute Gasteiger partial charge is 0.305 e. The second-order valence-electron chi connectivity index (χ2n) is 2.40. The predicted octanol–water partition coefficient (Wildman–Crippen LogP) is -0.258. The van der Waals surface area contributed by atoms with Gasteiger partial charge in [0.15, 0.2) is 0 Å². The van der Waals surface area contributed by atoms with Crippen molar-refractivity contribution in [2.75, 3.05) is 0 Å². The quantitative estimate of drug-likeness (QED) is 0.694. The Morgan fingerprint density at radius 1 is 1.00 bits per heavy atom. The van der Waals surface area contributed by atoms with Crippen molar-refractivity contribution >= 4 is 0 Å². The van der Waals surface area contributed by atoms with E-state index >= 15 is 0 Å². The zero-order valence-electron chi connectivity index (χ0n) is 6.67. The van der Waals surface area contributed by atoms with Gasteiger partial charge in [0.2, 0.25) is 0 Å². The topological polar surface area (TPSA) is 89.9 Å². The van der Waals surface area contributed by atoms with Gasteiger partial charge in [-0.1, -0.05) is 20.6 Å². The standard InChI is InChI=1S/C6H7N5O2/c1(5-3-8-12-10-5)7-2-6-4-9-13-11-6/h3-4,7H,1-2H2. The van der Waals surface area contributed by atoms with Gasteiger partial charge >= 0.3 is 0 Å². The van der Waals surface area contributed by atoms with Crippen molar-refractivity contribution in [1.29, 1.82) is 0 Å². The number of nitrogens with zero attached hydrogens (tertiary/aromatic N) is 4. The molecule has 2 aromatic rings. The molecule has 0 aliphatic rings. The van der Waals surface area contributed by atoms with Crippen LogP contribution in [0.4, 0.5) is 0 Å². The van der Waals surface area contributed by atoms with Crippen molar-refractivity contribution in [3.05, 3.63) is 23.8 Å². The number of nitrogens with one attached hydrogen (secondary N) is 1. The first-order valence-corrected chi connectivity index (χ1v) is 3.69. The Morgan fingerprint density at radius 2 is 1.54 bits per heavy atom. The Bertz CT molecular complexity index is 296. The molecule has 0 saturated heterocycles. The van der Waals surface area contributed by atoms with Gasteiger partial charge in [-0.25, -0.2) is 9.26 Å². The fourth-order valence-corrected chi connectivity index (χ4v) is 0.842. The van der Waals surface area contributed by atoms with E-state index in [0.717, 1.165) is 11.4 Å². The fourth-order valence-electron chi connectivity index (χ4n) is 0.842. The van der Waals surface area contributed by atoms with Crippen LogP contribution >= 0.6 is 0 Å². The molecule has 0 fully saturated rings. The van der Waals surface area contributed by atoms with Gasteiger partial charge in [0.25, 0.3) is 0 Å². The molecule has 0 atom stereocenters. The first kappa shape index (κ1) is 7.87. The monoisotopic (exact) mass is 181 g/mol. The van der Waals surface area contributed by atoms with E-state index in [2.05, 4.69) is 35.2 Å². The Balaban J connectivity index is 1.76. The molecule has 0 spiro atoms. The lowest BCUT2D eigenvalue weighted by molar-refractivity contribution is 0.300. The highest BCUT2D eigenvalue weighted by atomic mass is 16.6. The number of hydrogen-bond donors (Lipinski definition) is 1. The summed E-state index contributed by atoms with van der Waals surface area (Å²) in [5, 5.41) is 17.2. The molecular weight excluding hydrogens is 174 g/mol. The molecule has 0 saturated carbocycles. The van der Waals surface area contributed by atoms with Crippen LogP contribution < -0.4 is 5.32 Å². The second-order valence-corrected chi connectivity index (χ2v) is 2.40. The molecule has 1 N–H and O–H groups in total. The SMILES string of the molecule is c1nonc1CNCc1cnon1. The van der Waals surface area contributed by atoms with E-state index in [1.54, 1.807) is 12.4 Å². The van der Waals surface area contributed by atoms with Gasteiger partial charge in [-0.2, -0.15) is 0 Å². The maximum absolute atomic E-state index is 4.42. The Morgan fingerprint density at radius 3 is 1.92 bits per heavy atom. The first-order valence-electron chi connectivity index (χ1n) is 3.69. The Hall–Kier alpha value is -1.76. The number of aromatic nitrogens is 4. The maximum Gasteiger partial charge on any atom is 0.118 e. The zero-order chi connectivity index (χ0) is 8.93. The summed E-state index contributed by atoms with van der Waals surface area (Å²) in [6.07, 6.45) is 3.10. The lowest BCUT2D eigenvalue weighted by Crippen LogP contribution is -2.12.